The minimum Gasteiger partial charge on any atom is -0.444 e. The molecule has 0 aliphatic rings. The topological polar surface area (TPSA) is 55.4 Å². The Labute approximate surface area is 128 Å². The van der Waals surface area contributed by atoms with Crippen LogP contribution < -0.4 is 5.32 Å². The third-order valence-electron chi connectivity index (χ3n) is 2.81. The van der Waals surface area contributed by atoms with E-state index >= 15 is 0 Å². The van der Waals surface area contributed by atoms with E-state index in [1.165, 1.54) is 0 Å². The lowest BCUT2D eigenvalue weighted by molar-refractivity contribution is 0.0636. The lowest BCUT2D eigenvalue weighted by Crippen LogP contribution is -2.27. The summed E-state index contributed by atoms with van der Waals surface area (Å²) in [6, 6.07) is 8.04. The zero-order valence-corrected chi connectivity index (χ0v) is 14.7. The van der Waals surface area contributed by atoms with Gasteiger partial charge in [0.25, 0.3) is 0 Å². The van der Waals surface area contributed by atoms with Crippen molar-refractivity contribution in [2.45, 2.75) is 51.9 Å². The Bertz CT molecular complexity index is 506. The smallest absolute Gasteiger partial charge is 0.412 e. The molecule has 0 aromatic heterocycles. The molecule has 0 heterocycles. The van der Waals surface area contributed by atoms with Crippen molar-refractivity contribution in [2.24, 2.45) is 0 Å². The number of nitrogens with one attached hydrogen (secondary N) is 1. The summed E-state index contributed by atoms with van der Waals surface area (Å²) in [5, 5.41) is 2.66. The molecule has 0 saturated carbocycles. The third-order valence-corrected chi connectivity index (χ3v) is 4.26. The molecule has 5 heteroatoms. The molecule has 1 aromatic carbocycles. The van der Waals surface area contributed by atoms with Crippen LogP contribution in [0.5, 0.6) is 0 Å². The van der Waals surface area contributed by atoms with Crippen LogP contribution in [0.2, 0.25) is 19.1 Å². The van der Waals surface area contributed by atoms with Crippen LogP contribution in [-0.2, 0) is 4.74 Å². The highest BCUT2D eigenvalue weighted by molar-refractivity contribution is 6.56. The number of amides is 1. The largest absolute Gasteiger partial charge is 0.444 e. The van der Waals surface area contributed by atoms with Crippen molar-refractivity contribution in [3.05, 3.63) is 29.8 Å². The van der Waals surface area contributed by atoms with E-state index in [0.29, 0.717) is 17.7 Å². The van der Waals surface area contributed by atoms with Crippen molar-refractivity contribution >= 4 is 26.4 Å². The van der Waals surface area contributed by atoms with Crippen molar-refractivity contribution < 1.29 is 14.3 Å². The highest BCUT2D eigenvalue weighted by Crippen LogP contribution is 2.19. The maximum atomic E-state index is 12.3. The Morgan fingerprint density at radius 2 is 1.81 bits per heavy atom. The second-order valence-electron chi connectivity index (χ2n) is 6.53. The molecule has 0 spiro atoms. The normalized spacial score (nSPS) is 11.3. The SMILES string of the molecule is C[SiH](C)CCC(=O)c1ccccc1NC(=O)OC(C)(C)C. The fraction of sp³-hybridized carbons (Fsp3) is 0.500. The Hall–Kier alpha value is -1.62. The van der Waals surface area contributed by atoms with Crippen molar-refractivity contribution in [1.82, 2.24) is 0 Å². The quantitative estimate of drug-likeness (QED) is 0.658. The van der Waals surface area contributed by atoms with Crippen LogP contribution in [0.15, 0.2) is 24.3 Å². The number of ether oxygens (including phenoxy) is 1. The molecule has 1 N–H and O–H groups in total. The predicted molar refractivity (Wildman–Crippen MR) is 88.9 cm³/mol. The fourth-order valence-corrected chi connectivity index (χ4v) is 2.64. The standard InChI is InChI=1S/C16H25NO3Si/c1-16(2,3)20-15(19)17-13-9-7-6-8-12(13)14(18)10-11-21(4)5/h6-9,21H,10-11H2,1-5H3,(H,17,19). The second kappa shape index (κ2) is 7.40. The summed E-state index contributed by atoms with van der Waals surface area (Å²) in [4.78, 5) is 24.1. The highest BCUT2D eigenvalue weighted by Gasteiger charge is 2.18. The van der Waals surface area contributed by atoms with E-state index in [2.05, 4.69) is 18.4 Å². The van der Waals surface area contributed by atoms with E-state index < -0.39 is 20.5 Å². The number of para-hydroxylation sites is 1. The van der Waals surface area contributed by atoms with Gasteiger partial charge in [-0.2, -0.15) is 0 Å². The molecule has 0 fully saturated rings. The van der Waals surface area contributed by atoms with Crippen LogP contribution in [-0.4, -0.2) is 26.3 Å². The maximum Gasteiger partial charge on any atom is 0.412 e. The number of carbonyl (C=O) groups excluding carboxylic acids is 2. The molecule has 0 bridgehead atoms. The van der Waals surface area contributed by atoms with Gasteiger partial charge in [0.05, 0.1) is 5.69 Å². The number of anilines is 1. The summed E-state index contributed by atoms with van der Waals surface area (Å²) < 4.78 is 5.22. The second-order valence-corrected chi connectivity index (χ2v) is 9.89. The van der Waals surface area contributed by atoms with E-state index in [-0.39, 0.29) is 5.78 Å². The monoisotopic (exact) mass is 307 g/mol. The van der Waals surface area contributed by atoms with Gasteiger partial charge in [0.15, 0.2) is 5.78 Å². The summed E-state index contributed by atoms with van der Waals surface area (Å²) in [5.74, 6) is 0.0721. The number of benzene rings is 1. The summed E-state index contributed by atoms with van der Waals surface area (Å²) in [6.07, 6.45) is -0.00216. The molecule has 0 atom stereocenters. The molecule has 116 valence electrons. The summed E-state index contributed by atoms with van der Waals surface area (Å²) >= 11 is 0. The van der Waals surface area contributed by atoms with Gasteiger partial charge >= 0.3 is 6.09 Å². The van der Waals surface area contributed by atoms with Crippen LogP contribution in [0.3, 0.4) is 0 Å². The number of ketones is 1. The van der Waals surface area contributed by atoms with Crippen LogP contribution in [0.4, 0.5) is 10.5 Å². The molecule has 0 unspecified atom stereocenters. The minimum atomic E-state index is -0.756. The van der Waals surface area contributed by atoms with Crippen molar-refractivity contribution in [2.75, 3.05) is 5.32 Å². The number of hydrogen-bond acceptors (Lipinski definition) is 3. The van der Waals surface area contributed by atoms with E-state index in [0.717, 1.165) is 6.04 Å². The molecule has 0 radical (unpaired) electrons. The zero-order valence-electron chi connectivity index (χ0n) is 13.5. The summed E-state index contributed by atoms with van der Waals surface area (Å²) in [7, 11) is -0.756. The molecule has 0 aliphatic heterocycles. The lowest BCUT2D eigenvalue weighted by atomic mass is 10.1. The first kappa shape index (κ1) is 17.4. The Kier molecular flexibility index (Phi) is 6.14. The first-order chi connectivity index (χ1) is 9.69. The number of hydrogen-bond donors (Lipinski definition) is 1. The van der Waals surface area contributed by atoms with Gasteiger partial charge in [-0.05, 0) is 32.9 Å². The van der Waals surface area contributed by atoms with Gasteiger partial charge in [0.1, 0.15) is 5.60 Å². The molecule has 0 saturated heterocycles. The molecule has 1 aromatic rings. The first-order valence-electron chi connectivity index (χ1n) is 7.31. The molecule has 4 nitrogen and oxygen atoms in total. The van der Waals surface area contributed by atoms with E-state index in [1.807, 2.05) is 0 Å². The molecule has 1 amide bonds. The van der Waals surface area contributed by atoms with Crippen LogP contribution in [0.1, 0.15) is 37.6 Å². The van der Waals surface area contributed by atoms with Gasteiger partial charge in [-0.25, -0.2) is 4.79 Å². The minimum absolute atomic E-state index is 0.0721. The Morgan fingerprint density at radius 1 is 1.19 bits per heavy atom. The van der Waals surface area contributed by atoms with Gasteiger partial charge in [-0.15, -0.1) is 0 Å². The average Bonchev–Trinajstić information content (AvgIpc) is 2.34. The first-order valence-corrected chi connectivity index (χ1v) is 10.4. The van der Waals surface area contributed by atoms with Crippen molar-refractivity contribution in [3.63, 3.8) is 0 Å². The van der Waals surface area contributed by atoms with Gasteiger partial charge in [0, 0.05) is 20.8 Å². The van der Waals surface area contributed by atoms with Crippen LogP contribution in [0, 0.1) is 0 Å². The molecular formula is C16H25NO3Si. The van der Waals surface area contributed by atoms with Crippen molar-refractivity contribution in [3.8, 4) is 0 Å². The summed E-state index contributed by atoms with van der Waals surface area (Å²) in [5.41, 5.74) is 0.506. The van der Waals surface area contributed by atoms with Crippen molar-refractivity contribution in [1.29, 1.82) is 0 Å². The lowest BCUT2D eigenvalue weighted by Gasteiger charge is -2.20. The van der Waals surface area contributed by atoms with Gasteiger partial charge in [-0.3, -0.25) is 10.1 Å². The van der Waals surface area contributed by atoms with Gasteiger partial charge < -0.3 is 4.74 Å². The van der Waals surface area contributed by atoms with Crippen LogP contribution >= 0.6 is 0 Å². The number of Topliss-reactive ketones (excluding diaryl/α,β-unsaturated/α-hetero) is 1. The van der Waals surface area contributed by atoms with E-state index in [1.54, 1.807) is 45.0 Å². The Balaban J connectivity index is 2.80. The Morgan fingerprint density at radius 3 is 2.38 bits per heavy atom. The molecule has 21 heavy (non-hydrogen) atoms. The van der Waals surface area contributed by atoms with E-state index in [9.17, 15) is 9.59 Å². The van der Waals surface area contributed by atoms with Gasteiger partial charge in [0.2, 0.25) is 0 Å². The molecule has 1 rings (SSSR count). The summed E-state index contributed by atoms with van der Waals surface area (Å²) in [6.45, 7) is 9.85. The zero-order chi connectivity index (χ0) is 16.0. The predicted octanol–water partition coefficient (Wildman–Crippen LogP) is 4.09. The fourth-order valence-electron chi connectivity index (χ4n) is 1.80. The highest BCUT2D eigenvalue weighted by atomic mass is 28.3. The maximum absolute atomic E-state index is 12.3. The van der Waals surface area contributed by atoms with Gasteiger partial charge in [-0.1, -0.05) is 31.3 Å². The molecular weight excluding hydrogens is 282 g/mol. The number of rotatable bonds is 5. The molecule has 0 aliphatic carbocycles. The van der Waals surface area contributed by atoms with Crippen LogP contribution in [0.25, 0.3) is 0 Å². The number of carbonyl (C=O) groups is 2. The average molecular weight is 307 g/mol. The third kappa shape index (κ3) is 6.58. The van der Waals surface area contributed by atoms with E-state index in [4.69, 9.17) is 4.74 Å².